The van der Waals surface area contributed by atoms with E-state index in [4.69, 9.17) is 9.57 Å². The zero-order chi connectivity index (χ0) is 10.6. The second-order valence-electron chi connectivity index (χ2n) is 4.34. The van der Waals surface area contributed by atoms with Gasteiger partial charge in [-0.3, -0.25) is 4.84 Å². The lowest BCUT2D eigenvalue weighted by Gasteiger charge is -2.20. The maximum absolute atomic E-state index is 11.1. The van der Waals surface area contributed by atoms with Gasteiger partial charge in [-0.05, 0) is 33.7 Å². The summed E-state index contributed by atoms with van der Waals surface area (Å²) < 4.78 is 5.00. The molecule has 1 aliphatic rings. The minimum Gasteiger partial charge on any atom is -0.442 e. The highest BCUT2D eigenvalue weighted by molar-refractivity contribution is 5.66. The van der Waals surface area contributed by atoms with Crippen LogP contribution < -0.4 is 10.8 Å². The number of hydrogen-bond donors (Lipinski definition) is 2. The van der Waals surface area contributed by atoms with E-state index >= 15 is 0 Å². The van der Waals surface area contributed by atoms with Crippen LogP contribution in [-0.2, 0) is 9.57 Å². The van der Waals surface area contributed by atoms with E-state index < -0.39 is 11.7 Å². The summed E-state index contributed by atoms with van der Waals surface area (Å²) in [4.78, 5) is 16.3. The number of carbonyl (C=O) groups excluding carboxylic acids is 1. The van der Waals surface area contributed by atoms with E-state index in [1.54, 1.807) is 0 Å². The monoisotopic (exact) mass is 202 g/mol. The first kappa shape index (κ1) is 11.3. The Kier molecular flexibility index (Phi) is 3.71. The Morgan fingerprint density at radius 3 is 2.71 bits per heavy atom. The van der Waals surface area contributed by atoms with Crippen molar-refractivity contribution >= 4 is 6.09 Å². The Hall–Kier alpha value is -0.810. The molecule has 0 aromatic rings. The van der Waals surface area contributed by atoms with Gasteiger partial charge in [-0.15, -0.1) is 0 Å². The van der Waals surface area contributed by atoms with Crippen molar-refractivity contribution in [3.8, 4) is 0 Å². The average molecular weight is 202 g/mol. The normalized spacial score (nSPS) is 22.1. The first-order chi connectivity index (χ1) is 6.47. The Morgan fingerprint density at radius 2 is 2.21 bits per heavy atom. The fourth-order valence-electron chi connectivity index (χ4n) is 1.16. The molecule has 1 amide bonds. The molecule has 0 saturated carbocycles. The molecule has 1 heterocycles. The van der Waals surface area contributed by atoms with Gasteiger partial charge in [0.1, 0.15) is 5.60 Å². The fourth-order valence-corrected chi connectivity index (χ4v) is 1.16. The van der Waals surface area contributed by atoms with Gasteiger partial charge in [0.2, 0.25) is 0 Å². The molecule has 1 rings (SSSR count). The zero-order valence-corrected chi connectivity index (χ0v) is 8.92. The molecule has 0 aromatic carbocycles. The molecule has 2 N–H and O–H groups in total. The quantitative estimate of drug-likeness (QED) is 0.650. The molecule has 0 radical (unpaired) electrons. The third kappa shape index (κ3) is 4.43. The Balaban J connectivity index is 2.14. The molecule has 1 unspecified atom stereocenters. The molecule has 0 aliphatic carbocycles. The lowest BCUT2D eigenvalue weighted by Crippen LogP contribution is -2.35. The number of amides is 1. The lowest BCUT2D eigenvalue weighted by molar-refractivity contribution is -0.0353. The summed E-state index contributed by atoms with van der Waals surface area (Å²) >= 11 is 0. The molecule has 1 atom stereocenters. The number of carbonyl (C=O) groups is 1. The van der Waals surface area contributed by atoms with Gasteiger partial charge >= 0.3 is 6.09 Å². The van der Waals surface area contributed by atoms with E-state index in [2.05, 4.69) is 10.8 Å². The van der Waals surface area contributed by atoms with Gasteiger partial charge < -0.3 is 10.1 Å². The van der Waals surface area contributed by atoms with Crippen LogP contribution in [0.5, 0.6) is 0 Å². The zero-order valence-electron chi connectivity index (χ0n) is 8.92. The molecular weight excluding hydrogens is 184 g/mol. The van der Waals surface area contributed by atoms with Crippen molar-refractivity contribution in [3.05, 3.63) is 0 Å². The van der Waals surface area contributed by atoms with Crippen LogP contribution in [0.15, 0.2) is 0 Å². The van der Waals surface area contributed by atoms with Crippen LogP contribution in [-0.4, -0.2) is 30.9 Å². The first-order valence-electron chi connectivity index (χ1n) is 4.83. The minimum absolute atomic E-state index is 0.0579. The predicted octanol–water partition coefficient (Wildman–Crippen LogP) is 0.805. The van der Waals surface area contributed by atoms with Crippen molar-refractivity contribution in [2.45, 2.75) is 38.9 Å². The number of nitrogens with one attached hydrogen (secondary N) is 2. The fraction of sp³-hybridized carbons (Fsp3) is 0.889. The molecule has 82 valence electrons. The van der Waals surface area contributed by atoms with Crippen LogP contribution in [0.2, 0.25) is 0 Å². The highest BCUT2D eigenvalue weighted by Crippen LogP contribution is 2.07. The number of hydroxylamine groups is 1. The van der Waals surface area contributed by atoms with Crippen LogP contribution in [0.1, 0.15) is 27.2 Å². The predicted molar refractivity (Wildman–Crippen MR) is 51.7 cm³/mol. The second kappa shape index (κ2) is 4.61. The van der Waals surface area contributed by atoms with E-state index in [0.717, 1.165) is 19.5 Å². The topological polar surface area (TPSA) is 59.6 Å². The van der Waals surface area contributed by atoms with Gasteiger partial charge in [0.25, 0.3) is 0 Å². The molecule has 5 nitrogen and oxygen atoms in total. The van der Waals surface area contributed by atoms with E-state index in [9.17, 15) is 4.79 Å². The van der Waals surface area contributed by atoms with Crippen molar-refractivity contribution in [1.82, 2.24) is 10.8 Å². The summed E-state index contributed by atoms with van der Waals surface area (Å²) in [7, 11) is 0. The maximum atomic E-state index is 11.1. The standard InChI is InChI=1S/C9H18N2O3/c1-9(2,3)13-8(12)11-14-7-4-5-10-6-7/h7,10H,4-6H2,1-3H3,(H,11,12). The smallest absolute Gasteiger partial charge is 0.431 e. The number of hydrogen-bond acceptors (Lipinski definition) is 4. The summed E-state index contributed by atoms with van der Waals surface area (Å²) in [5, 5.41) is 3.13. The van der Waals surface area contributed by atoms with Crippen LogP contribution in [0, 0.1) is 0 Å². The molecule has 14 heavy (non-hydrogen) atoms. The third-order valence-corrected chi connectivity index (χ3v) is 1.72. The molecule has 0 aromatic heterocycles. The summed E-state index contributed by atoms with van der Waals surface area (Å²) in [5.41, 5.74) is 1.80. The highest BCUT2D eigenvalue weighted by atomic mass is 16.7. The molecule has 1 aliphatic heterocycles. The minimum atomic E-state index is -0.538. The van der Waals surface area contributed by atoms with Gasteiger partial charge in [-0.25, -0.2) is 4.79 Å². The number of rotatable bonds is 2. The summed E-state index contributed by atoms with van der Waals surface area (Å²) in [6, 6.07) is 0. The molecule has 0 spiro atoms. The van der Waals surface area contributed by atoms with E-state index in [1.165, 1.54) is 0 Å². The SMILES string of the molecule is CC(C)(C)OC(=O)NOC1CCNC1. The molecular formula is C9H18N2O3. The summed E-state index contributed by atoms with van der Waals surface area (Å²) in [6.07, 6.45) is 0.433. The summed E-state index contributed by atoms with van der Waals surface area (Å²) in [6.45, 7) is 7.13. The van der Waals surface area contributed by atoms with Crippen LogP contribution in [0.4, 0.5) is 4.79 Å². The van der Waals surface area contributed by atoms with Gasteiger partial charge in [-0.1, -0.05) is 0 Å². The van der Waals surface area contributed by atoms with E-state index in [1.807, 2.05) is 20.8 Å². The maximum Gasteiger partial charge on any atom is 0.431 e. The van der Waals surface area contributed by atoms with Crippen LogP contribution in [0.25, 0.3) is 0 Å². The molecule has 5 heteroatoms. The third-order valence-electron chi connectivity index (χ3n) is 1.72. The van der Waals surface area contributed by atoms with Crippen molar-refractivity contribution in [1.29, 1.82) is 0 Å². The second-order valence-corrected chi connectivity index (χ2v) is 4.34. The van der Waals surface area contributed by atoms with Gasteiger partial charge in [0, 0.05) is 6.54 Å². The molecule has 1 fully saturated rings. The number of ether oxygens (including phenoxy) is 1. The average Bonchev–Trinajstić information content (AvgIpc) is 2.49. The van der Waals surface area contributed by atoms with E-state index in [0.29, 0.717) is 0 Å². The van der Waals surface area contributed by atoms with Gasteiger partial charge in [0.15, 0.2) is 0 Å². The highest BCUT2D eigenvalue weighted by Gasteiger charge is 2.19. The Bertz CT molecular complexity index is 195. The van der Waals surface area contributed by atoms with Gasteiger partial charge in [-0.2, -0.15) is 5.48 Å². The lowest BCUT2D eigenvalue weighted by atomic mass is 10.2. The largest absolute Gasteiger partial charge is 0.442 e. The van der Waals surface area contributed by atoms with Crippen molar-refractivity contribution in [3.63, 3.8) is 0 Å². The Labute approximate surface area is 84.1 Å². The summed E-state index contributed by atoms with van der Waals surface area (Å²) in [5.74, 6) is 0. The van der Waals surface area contributed by atoms with Crippen molar-refractivity contribution in [2.24, 2.45) is 0 Å². The van der Waals surface area contributed by atoms with E-state index in [-0.39, 0.29) is 6.10 Å². The van der Waals surface area contributed by atoms with Crippen molar-refractivity contribution < 1.29 is 14.4 Å². The van der Waals surface area contributed by atoms with Crippen molar-refractivity contribution in [2.75, 3.05) is 13.1 Å². The van der Waals surface area contributed by atoms with Gasteiger partial charge in [0.05, 0.1) is 6.10 Å². The van der Waals surface area contributed by atoms with Crippen LogP contribution in [0.3, 0.4) is 0 Å². The molecule has 1 saturated heterocycles. The first-order valence-corrected chi connectivity index (χ1v) is 4.83. The van der Waals surface area contributed by atoms with Crippen LogP contribution >= 0.6 is 0 Å². The molecule has 0 bridgehead atoms. The Morgan fingerprint density at radius 1 is 1.50 bits per heavy atom.